The van der Waals surface area contributed by atoms with E-state index in [0.29, 0.717) is 31.7 Å². The molecule has 0 aromatic heterocycles. The zero-order valence-electron chi connectivity index (χ0n) is 18.7. The molecule has 3 atom stereocenters. The van der Waals surface area contributed by atoms with Crippen molar-refractivity contribution in [3.8, 4) is 0 Å². The normalized spacial score (nSPS) is 17.1. The third-order valence-corrected chi connectivity index (χ3v) is 5.68. The molecule has 7 heteroatoms. The number of halogens is 2. The lowest BCUT2D eigenvalue weighted by atomic mass is 9.98. The van der Waals surface area contributed by atoms with Crippen LogP contribution in [0, 0.1) is 5.92 Å². The van der Waals surface area contributed by atoms with E-state index in [1.807, 2.05) is 48.5 Å². The van der Waals surface area contributed by atoms with Crippen LogP contribution in [0.5, 0.6) is 0 Å². The molecule has 2 aromatic rings. The lowest BCUT2D eigenvalue weighted by molar-refractivity contribution is -0.140. The molecule has 0 bridgehead atoms. The van der Waals surface area contributed by atoms with Crippen LogP contribution < -0.4 is 35.9 Å². The predicted molar refractivity (Wildman–Crippen MR) is 120 cm³/mol. The van der Waals surface area contributed by atoms with Gasteiger partial charge in [0, 0.05) is 6.54 Å². The Morgan fingerprint density at radius 3 is 2.22 bits per heavy atom. The van der Waals surface area contributed by atoms with E-state index in [1.165, 1.54) is 0 Å². The molecule has 0 spiro atoms. The Labute approximate surface area is 204 Å². The average Bonchev–Trinajstić information content (AvgIpc) is 3.23. The first-order valence-corrected chi connectivity index (χ1v) is 10.9. The van der Waals surface area contributed by atoms with E-state index < -0.39 is 12.1 Å². The Hall–Kier alpha value is -2.08. The van der Waals surface area contributed by atoms with E-state index in [1.54, 1.807) is 4.90 Å². The Morgan fingerprint density at radius 2 is 1.62 bits per heavy atom. The maximum Gasteiger partial charge on any atom is 0.243 e. The number of rotatable bonds is 8. The topological polar surface area (TPSA) is 75.4 Å². The van der Waals surface area contributed by atoms with Crippen LogP contribution in [0.1, 0.15) is 50.3 Å². The maximum absolute atomic E-state index is 13.2. The molecule has 1 fully saturated rings. The summed E-state index contributed by atoms with van der Waals surface area (Å²) in [5, 5.41) is 3.21. The summed E-state index contributed by atoms with van der Waals surface area (Å²) in [5.41, 5.74) is 8.35. The predicted octanol–water partition coefficient (Wildman–Crippen LogP) is -2.54. The van der Waals surface area contributed by atoms with E-state index in [-0.39, 0.29) is 42.7 Å². The SMILES string of the molecule is CC(C)C[C@H](N)C(=O)N1CCC[C@H]1C(=O)N[C@@H](Cc1ccccc1)c1ccccc1.[Cl-].[Cl-]. The Bertz CT molecular complexity index is 834. The van der Waals surface area contributed by atoms with Crippen molar-refractivity contribution in [1.82, 2.24) is 10.2 Å². The third-order valence-electron chi connectivity index (χ3n) is 5.68. The molecule has 5 nitrogen and oxygen atoms in total. The van der Waals surface area contributed by atoms with Crippen molar-refractivity contribution >= 4 is 11.8 Å². The molecule has 3 rings (SSSR count). The molecule has 1 aliphatic heterocycles. The fourth-order valence-corrected chi connectivity index (χ4v) is 4.18. The number of benzene rings is 2. The highest BCUT2D eigenvalue weighted by atomic mass is 35.5. The molecule has 0 radical (unpaired) electrons. The van der Waals surface area contributed by atoms with Crippen molar-refractivity contribution in [3.63, 3.8) is 0 Å². The van der Waals surface area contributed by atoms with Crippen LogP contribution in [0.3, 0.4) is 0 Å². The first kappa shape index (κ1) is 28.0. The van der Waals surface area contributed by atoms with Gasteiger partial charge in [-0.2, -0.15) is 0 Å². The molecule has 32 heavy (non-hydrogen) atoms. The number of carbonyl (C=O) groups is 2. The number of nitrogens with zero attached hydrogens (tertiary/aromatic N) is 1. The molecule has 2 amide bonds. The van der Waals surface area contributed by atoms with Crippen molar-refractivity contribution in [2.24, 2.45) is 11.7 Å². The van der Waals surface area contributed by atoms with E-state index in [9.17, 15) is 9.59 Å². The molecule has 176 valence electrons. The van der Waals surface area contributed by atoms with Crippen LogP contribution in [0.15, 0.2) is 60.7 Å². The maximum atomic E-state index is 13.2. The average molecular weight is 478 g/mol. The molecule has 1 heterocycles. The van der Waals surface area contributed by atoms with E-state index >= 15 is 0 Å². The fraction of sp³-hybridized carbons (Fsp3) is 0.440. The number of carbonyl (C=O) groups excluding carboxylic acids is 2. The van der Waals surface area contributed by atoms with Crippen LogP contribution in [0.2, 0.25) is 0 Å². The first-order chi connectivity index (χ1) is 14.5. The van der Waals surface area contributed by atoms with Crippen LogP contribution in [-0.4, -0.2) is 35.3 Å². The summed E-state index contributed by atoms with van der Waals surface area (Å²) in [4.78, 5) is 27.8. The van der Waals surface area contributed by atoms with Crippen molar-refractivity contribution in [3.05, 3.63) is 71.8 Å². The molecule has 0 unspecified atom stereocenters. The van der Waals surface area contributed by atoms with Crippen molar-refractivity contribution in [1.29, 1.82) is 0 Å². The molecule has 1 aliphatic rings. The lowest BCUT2D eigenvalue weighted by Crippen LogP contribution is -3.00. The van der Waals surface area contributed by atoms with Gasteiger partial charge in [-0.3, -0.25) is 9.59 Å². The lowest BCUT2D eigenvalue weighted by Gasteiger charge is -2.29. The number of nitrogens with one attached hydrogen (secondary N) is 1. The van der Waals surface area contributed by atoms with Crippen molar-refractivity contribution < 1.29 is 34.4 Å². The second kappa shape index (κ2) is 13.5. The standard InChI is InChI=1S/C25H33N3O2.2ClH/c1-18(2)16-21(26)25(30)28-15-9-14-23(28)24(29)27-22(20-12-7-4-8-13-20)17-19-10-5-3-6-11-19;;/h3-8,10-13,18,21-23H,9,14-17,26H2,1-2H3,(H,27,29);2*1H/p-2/t21-,22-,23-;;/m0../s1. The molecular formula is C25H33Cl2N3O2-2. The minimum Gasteiger partial charge on any atom is -1.00 e. The van der Waals surface area contributed by atoms with Gasteiger partial charge >= 0.3 is 0 Å². The van der Waals surface area contributed by atoms with Gasteiger partial charge in [-0.25, -0.2) is 0 Å². The highest BCUT2D eigenvalue weighted by Gasteiger charge is 2.37. The number of amides is 2. The Balaban J connectivity index is 0.00000256. The van der Waals surface area contributed by atoms with Gasteiger partial charge in [-0.1, -0.05) is 74.5 Å². The Kier molecular flexibility index (Phi) is 11.8. The first-order valence-electron chi connectivity index (χ1n) is 10.9. The van der Waals surface area contributed by atoms with Gasteiger partial charge in [-0.05, 0) is 42.7 Å². The van der Waals surface area contributed by atoms with Gasteiger partial charge in [0.15, 0.2) is 0 Å². The molecule has 1 saturated heterocycles. The summed E-state index contributed by atoms with van der Waals surface area (Å²) in [6, 6.07) is 19.0. The van der Waals surface area contributed by atoms with Crippen LogP contribution >= 0.6 is 0 Å². The molecule has 3 N–H and O–H groups in total. The summed E-state index contributed by atoms with van der Waals surface area (Å²) in [6.07, 6.45) is 2.83. The van der Waals surface area contributed by atoms with Gasteiger partial charge < -0.3 is 40.8 Å². The summed E-state index contributed by atoms with van der Waals surface area (Å²) in [7, 11) is 0. The number of likely N-dealkylation sites (tertiary alicyclic amines) is 1. The smallest absolute Gasteiger partial charge is 0.243 e. The quantitative estimate of drug-likeness (QED) is 0.439. The highest BCUT2D eigenvalue weighted by molar-refractivity contribution is 5.90. The summed E-state index contributed by atoms with van der Waals surface area (Å²) in [6.45, 7) is 4.70. The minimum absolute atomic E-state index is 0. The third kappa shape index (κ3) is 7.51. The molecule has 0 aliphatic carbocycles. The van der Waals surface area contributed by atoms with Crippen LogP contribution in [0.4, 0.5) is 0 Å². The van der Waals surface area contributed by atoms with Crippen LogP contribution in [0.25, 0.3) is 0 Å². The fourth-order valence-electron chi connectivity index (χ4n) is 4.18. The minimum atomic E-state index is -0.548. The van der Waals surface area contributed by atoms with E-state index in [4.69, 9.17) is 5.73 Å². The molecule has 0 saturated carbocycles. The number of hydrogen-bond donors (Lipinski definition) is 2. The number of hydrogen-bond acceptors (Lipinski definition) is 3. The molecule has 2 aromatic carbocycles. The summed E-state index contributed by atoms with van der Waals surface area (Å²) in [5.74, 6) is 0.134. The zero-order chi connectivity index (χ0) is 21.5. The van der Waals surface area contributed by atoms with Gasteiger partial charge in [-0.15, -0.1) is 0 Å². The number of nitrogens with two attached hydrogens (primary N) is 1. The van der Waals surface area contributed by atoms with Gasteiger partial charge in [0.05, 0.1) is 12.1 Å². The van der Waals surface area contributed by atoms with Crippen LogP contribution in [-0.2, 0) is 16.0 Å². The highest BCUT2D eigenvalue weighted by Crippen LogP contribution is 2.23. The van der Waals surface area contributed by atoms with Gasteiger partial charge in [0.2, 0.25) is 11.8 Å². The van der Waals surface area contributed by atoms with Crippen molar-refractivity contribution in [2.45, 2.75) is 57.7 Å². The molecular weight excluding hydrogens is 445 g/mol. The monoisotopic (exact) mass is 477 g/mol. The summed E-state index contributed by atoms with van der Waals surface area (Å²) >= 11 is 0. The second-order valence-corrected chi connectivity index (χ2v) is 8.59. The zero-order valence-corrected chi connectivity index (χ0v) is 20.2. The Morgan fingerprint density at radius 1 is 1.03 bits per heavy atom. The second-order valence-electron chi connectivity index (χ2n) is 8.59. The van der Waals surface area contributed by atoms with E-state index in [2.05, 4.69) is 31.3 Å². The van der Waals surface area contributed by atoms with Gasteiger partial charge in [0.1, 0.15) is 6.04 Å². The largest absolute Gasteiger partial charge is 1.00 e. The van der Waals surface area contributed by atoms with Gasteiger partial charge in [0.25, 0.3) is 0 Å². The van der Waals surface area contributed by atoms with E-state index in [0.717, 1.165) is 17.5 Å². The summed E-state index contributed by atoms with van der Waals surface area (Å²) < 4.78 is 0. The van der Waals surface area contributed by atoms with Crippen molar-refractivity contribution in [2.75, 3.05) is 6.54 Å².